The molecule has 0 fully saturated rings. The summed E-state index contributed by atoms with van der Waals surface area (Å²) in [4.78, 5) is 2.09. The summed E-state index contributed by atoms with van der Waals surface area (Å²) < 4.78 is 11.5. The summed E-state index contributed by atoms with van der Waals surface area (Å²) in [5.41, 5.74) is 1.56. The van der Waals surface area contributed by atoms with Crippen LogP contribution in [0.4, 0.5) is 11.4 Å². The summed E-state index contributed by atoms with van der Waals surface area (Å²) in [7, 11) is 0. The van der Waals surface area contributed by atoms with Crippen molar-refractivity contribution in [2.45, 2.75) is 45.4 Å². The summed E-state index contributed by atoms with van der Waals surface area (Å²) in [5.74, 6) is 1.69. The molecule has 0 spiro atoms. The molecule has 0 aliphatic heterocycles. The van der Waals surface area contributed by atoms with E-state index in [1.165, 1.54) is 0 Å². The zero-order valence-electron chi connectivity index (χ0n) is 19.9. The lowest BCUT2D eigenvalue weighted by molar-refractivity contribution is 0.159. The van der Waals surface area contributed by atoms with Crippen LogP contribution in [0.3, 0.4) is 0 Å². The minimum atomic E-state index is 0.135. The van der Waals surface area contributed by atoms with Gasteiger partial charge in [0.1, 0.15) is 11.5 Å². The van der Waals surface area contributed by atoms with E-state index in [9.17, 15) is 0 Å². The highest BCUT2D eigenvalue weighted by atomic mass is 16.5. The van der Waals surface area contributed by atoms with Gasteiger partial charge in [0.15, 0.2) is 0 Å². The molecule has 2 aromatic rings. The Morgan fingerprint density at radius 2 is 1.12 bits per heavy atom. The average molecular weight is 458 g/mol. The molecule has 0 amide bonds. The largest absolute Gasteiger partial charge is 0.494 e. The van der Waals surface area contributed by atoms with Crippen molar-refractivity contribution in [1.29, 1.82) is 0 Å². The van der Waals surface area contributed by atoms with E-state index in [0.29, 0.717) is 19.7 Å². The lowest BCUT2D eigenvalue weighted by Gasteiger charge is -2.19. The Hall–Kier alpha value is -2.48. The fraction of sp³-hybridized carbons (Fsp3) is 0.538. The topological polar surface area (TPSA) is 86.9 Å². The number of aliphatic hydroxyl groups excluding tert-OH is 2. The van der Waals surface area contributed by atoms with Crippen LogP contribution in [0.15, 0.2) is 58.8 Å². The first-order valence-corrected chi connectivity index (χ1v) is 12.1. The third-order valence-corrected chi connectivity index (χ3v) is 5.19. The number of rotatable bonds is 18. The van der Waals surface area contributed by atoms with E-state index in [-0.39, 0.29) is 13.2 Å². The standard InChI is InChI=1S/C26H39N3O4/c1-2-3-21-32-25-12-8-23(9-13-25)27-28-24-10-14-26(15-11-24)33-22-7-5-4-6-16-29(17-19-30)18-20-31/h8-15,30-31H,2-7,16-22H2,1H3. The van der Waals surface area contributed by atoms with Gasteiger partial charge in [0, 0.05) is 13.1 Å². The Kier molecular flexibility index (Phi) is 13.8. The van der Waals surface area contributed by atoms with Gasteiger partial charge in [0.25, 0.3) is 0 Å². The maximum atomic E-state index is 9.03. The number of ether oxygens (including phenoxy) is 2. The molecule has 0 saturated heterocycles. The molecule has 0 aliphatic rings. The van der Waals surface area contributed by atoms with Gasteiger partial charge in [0.05, 0.1) is 37.8 Å². The van der Waals surface area contributed by atoms with Crippen LogP contribution >= 0.6 is 0 Å². The number of nitrogens with zero attached hydrogens (tertiary/aromatic N) is 3. The average Bonchev–Trinajstić information content (AvgIpc) is 2.84. The molecule has 0 unspecified atom stereocenters. The van der Waals surface area contributed by atoms with Crippen LogP contribution in [0.2, 0.25) is 0 Å². The van der Waals surface area contributed by atoms with Gasteiger partial charge in [-0.15, -0.1) is 0 Å². The third kappa shape index (κ3) is 11.8. The SMILES string of the molecule is CCCCOc1ccc(N=Nc2ccc(OCCCCCCN(CCO)CCO)cc2)cc1. The van der Waals surface area contributed by atoms with Crippen LogP contribution in [0, 0.1) is 0 Å². The van der Waals surface area contributed by atoms with E-state index in [1.807, 2.05) is 48.5 Å². The molecule has 33 heavy (non-hydrogen) atoms. The second kappa shape index (κ2) is 17.1. The maximum Gasteiger partial charge on any atom is 0.119 e. The molecule has 0 heterocycles. The van der Waals surface area contributed by atoms with Crippen molar-refractivity contribution >= 4 is 11.4 Å². The Bertz CT molecular complexity index is 760. The van der Waals surface area contributed by atoms with E-state index in [2.05, 4.69) is 22.1 Å². The third-order valence-electron chi connectivity index (χ3n) is 5.19. The summed E-state index contributed by atoms with van der Waals surface area (Å²) >= 11 is 0. The van der Waals surface area contributed by atoms with Gasteiger partial charge in [-0.2, -0.15) is 10.2 Å². The van der Waals surface area contributed by atoms with Crippen molar-refractivity contribution in [2.24, 2.45) is 10.2 Å². The predicted octanol–water partition coefficient (Wildman–Crippen LogP) is 5.51. The van der Waals surface area contributed by atoms with Crippen molar-refractivity contribution in [3.63, 3.8) is 0 Å². The second-order valence-corrected chi connectivity index (χ2v) is 7.94. The van der Waals surface area contributed by atoms with Crippen LogP contribution in [0.25, 0.3) is 0 Å². The van der Waals surface area contributed by atoms with E-state index in [4.69, 9.17) is 19.7 Å². The molecule has 0 bridgehead atoms. The van der Waals surface area contributed by atoms with Gasteiger partial charge in [-0.25, -0.2) is 0 Å². The highest BCUT2D eigenvalue weighted by Crippen LogP contribution is 2.23. The highest BCUT2D eigenvalue weighted by Gasteiger charge is 2.03. The summed E-state index contributed by atoms with van der Waals surface area (Å²) in [6.45, 7) is 6.00. The van der Waals surface area contributed by atoms with Gasteiger partial charge in [-0.1, -0.05) is 26.2 Å². The van der Waals surface area contributed by atoms with Crippen molar-refractivity contribution in [1.82, 2.24) is 4.90 Å². The molecular weight excluding hydrogens is 418 g/mol. The van der Waals surface area contributed by atoms with Crippen LogP contribution in [0.5, 0.6) is 11.5 Å². The number of benzene rings is 2. The van der Waals surface area contributed by atoms with Crippen molar-refractivity contribution in [3.05, 3.63) is 48.5 Å². The first-order valence-electron chi connectivity index (χ1n) is 12.1. The van der Waals surface area contributed by atoms with Crippen molar-refractivity contribution < 1.29 is 19.7 Å². The normalized spacial score (nSPS) is 11.4. The minimum absolute atomic E-state index is 0.135. The summed E-state index contributed by atoms with van der Waals surface area (Å²) in [6.07, 6.45) is 6.45. The minimum Gasteiger partial charge on any atom is -0.494 e. The van der Waals surface area contributed by atoms with Gasteiger partial charge >= 0.3 is 0 Å². The van der Waals surface area contributed by atoms with Crippen LogP contribution in [-0.2, 0) is 0 Å². The number of hydrogen-bond acceptors (Lipinski definition) is 7. The van der Waals surface area contributed by atoms with Crippen molar-refractivity contribution in [2.75, 3.05) is 46.1 Å². The lowest BCUT2D eigenvalue weighted by Crippen LogP contribution is -2.30. The monoisotopic (exact) mass is 457 g/mol. The highest BCUT2D eigenvalue weighted by molar-refractivity contribution is 5.44. The van der Waals surface area contributed by atoms with Crippen LogP contribution in [0.1, 0.15) is 45.4 Å². The molecule has 2 aromatic carbocycles. The van der Waals surface area contributed by atoms with Crippen LogP contribution in [-0.4, -0.2) is 61.2 Å². The maximum absolute atomic E-state index is 9.03. The smallest absolute Gasteiger partial charge is 0.119 e. The molecule has 2 N–H and O–H groups in total. The Labute approximate surface area is 198 Å². The molecule has 0 radical (unpaired) electrons. The van der Waals surface area contributed by atoms with Gasteiger partial charge < -0.3 is 19.7 Å². The number of azo groups is 1. The zero-order valence-corrected chi connectivity index (χ0v) is 19.9. The van der Waals surface area contributed by atoms with Gasteiger partial charge in [0.2, 0.25) is 0 Å². The van der Waals surface area contributed by atoms with Crippen LogP contribution < -0.4 is 9.47 Å². The van der Waals surface area contributed by atoms with E-state index in [0.717, 1.165) is 74.6 Å². The molecule has 0 aliphatic carbocycles. The van der Waals surface area contributed by atoms with Crippen molar-refractivity contribution in [3.8, 4) is 11.5 Å². The number of unbranched alkanes of at least 4 members (excludes halogenated alkanes) is 4. The molecule has 2 rings (SSSR count). The first-order chi connectivity index (χ1) is 16.2. The van der Waals surface area contributed by atoms with E-state index < -0.39 is 0 Å². The molecule has 182 valence electrons. The molecular formula is C26H39N3O4. The summed E-state index contributed by atoms with van der Waals surface area (Å²) in [5, 5.41) is 26.6. The number of aliphatic hydroxyl groups is 2. The predicted molar refractivity (Wildman–Crippen MR) is 132 cm³/mol. The fourth-order valence-corrected chi connectivity index (χ4v) is 3.27. The zero-order chi connectivity index (χ0) is 23.6. The molecule has 7 heteroatoms. The second-order valence-electron chi connectivity index (χ2n) is 7.94. The van der Waals surface area contributed by atoms with Gasteiger partial charge in [-0.3, -0.25) is 4.90 Å². The molecule has 0 atom stereocenters. The fourth-order valence-electron chi connectivity index (χ4n) is 3.27. The Morgan fingerprint density at radius 3 is 1.61 bits per heavy atom. The Morgan fingerprint density at radius 1 is 0.636 bits per heavy atom. The molecule has 0 aromatic heterocycles. The van der Waals surface area contributed by atoms with E-state index in [1.54, 1.807) is 0 Å². The van der Waals surface area contributed by atoms with Gasteiger partial charge in [-0.05, 0) is 74.3 Å². The quantitative estimate of drug-likeness (QED) is 0.228. The first kappa shape index (κ1) is 26.8. The summed E-state index contributed by atoms with van der Waals surface area (Å²) in [6, 6.07) is 15.3. The lowest BCUT2D eigenvalue weighted by atomic mass is 10.2. The molecule has 0 saturated carbocycles. The Balaban J connectivity index is 1.62. The molecule has 7 nitrogen and oxygen atoms in total. The van der Waals surface area contributed by atoms with E-state index >= 15 is 0 Å². The number of hydrogen-bond donors (Lipinski definition) is 2.